The van der Waals surface area contributed by atoms with Crippen LogP contribution in [0.2, 0.25) is 0 Å². The molecule has 248 valence electrons. The van der Waals surface area contributed by atoms with E-state index in [-0.39, 0.29) is 5.41 Å². The van der Waals surface area contributed by atoms with Crippen molar-refractivity contribution in [2.75, 3.05) is 4.90 Å². The molecule has 1 aliphatic rings. The smallest absolute Gasteiger partial charge is 0.0543 e. The first-order valence-corrected chi connectivity index (χ1v) is 18.1. The molecule has 0 aromatic heterocycles. The Hall–Kier alpha value is -6.44. The van der Waals surface area contributed by atoms with E-state index < -0.39 is 0 Å². The fourth-order valence-electron chi connectivity index (χ4n) is 8.08. The van der Waals surface area contributed by atoms with Crippen molar-refractivity contribution in [3.05, 3.63) is 211 Å². The number of anilines is 3. The molecule has 0 unspecified atom stereocenters. The van der Waals surface area contributed by atoms with E-state index in [0.29, 0.717) is 0 Å². The second kappa shape index (κ2) is 13.0. The molecular formula is C51H39N. The third kappa shape index (κ3) is 5.43. The van der Waals surface area contributed by atoms with E-state index in [9.17, 15) is 0 Å². The molecule has 0 amide bonds. The lowest BCUT2D eigenvalue weighted by Gasteiger charge is -2.32. The van der Waals surface area contributed by atoms with E-state index in [0.717, 1.165) is 17.1 Å². The molecule has 8 aromatic rings. The quantitative estimate of drug-likeness (QED) is 0.164. The first-order chi connectivity index (χ1) is 25.6. The molecular weight excluding hydrogens is 627 g/mol. The highest BCUT2D eigenvalue weighted by Crippen LogP contribution is 2.56. The highest BCUT2D eigenvalue weighted by atomic mass is 15.1. The second-order valence-corrected chi connectivity index (χ2v) is 14.1. The number of rotatable bonds is 7. The standard InChI is InChI=1S/C51H39N/c1-51(2)46-28-17-27-43(39-22-11-5-12-23-39)50(46)45-34-44(40-24-13-6-14-25-40)49(35-47(45)51)52(41-32-30-37(31-33-41)36-18-7-3-8-19-36)48-29-16-15-26-42(48)38-20-9-4-10-21-38/h3-35H,1-2H3. The van der Waals surface area contributed by atoms with Gasteiger partial charge in [0.05, 0.1) is 11.4 Å². The Labute approximate surface area is 307 Å². The largest absolute Gasteiger partial charge is 0.309 e. The van der Waals surface area contributed by atoms with Gasteiger partial charge in [0.2, 0.25) is 0 Å². The minimum Gasteiger partial charge on any atom is -0.309 e. The summed E-state index contributed by atoms with van der Waals surface area (Å²) in [4.78, 5) is 2.48. The Kier molecular flexibility index (Phi) is 7.90. The normalized spacial score (nSPS) is 12.6. The summed E-state index contributed by atoms with van der Waals surface area (Å²) in [7, 11) is 0. The van der Waals surface area contributed by atoms with E-state index >= 15 is 0 Å². The number of para-hydroxylation sites is 1. The molecule has 52 heavy (non-hydrogen) atoms. The van der Waals surface area contributed by atoms with Gasteiger partial charge in [-0.1, -0.05) is 184 Å². The van der Waals surface area contributed by atoms with E-state index in [4.69, 9.17) is 0 Å². The monoisotopic (exact) mass is 665 g/mol. The molecule has 9 rings (SSSR count). The number of hydrogen-bond acceptors (Lipinski definition) is 1. The van der Waals surface area contributed by atoms with Crippen molar-refractivity contribution >= 4 is 17.1 Å². The fourth-order valence-corrected chi connectivity index (χ4v) is 8.08. The van der Waals surface area contributed by atoms with Crippen molar-refractivity contribution in [1.82, 2.24) is 0 Å². The molecule has 0 saturated heterocycles. The SMILES string of the molecule is CC1(C)c2cc(N(c3ccc(-c4ccccc4)cc3)c3ccccc3-c3ccccc3)c(-c3ccccc3)cc2-c2c(-c3ccccc3)cccc21. The second-order valence-electron chi connectivity index (χ2n) is 14.1. The molecule has 0 bridgehead atoms. The summed E-state index contributed by atoms with van der Waals surface area (Å²) in [5.41, 5.74) is 18.2. The zero-order chi connectivity index (χ0) is 35.1. The van der Waals surface area contributed by atoms with Gasteiger partial charge < -0.3 is 4.90 Å². The Bertz CT molecular complexity index is 2500. The zero-order valence-electron chi connectivity index (χ0n) is 29.5. The van der Waals surface area contributed by atoms with Crippen LogP contribution in [0.15, 0.2) is 200 Å². The van der Waals surface area contributed by atoms with Crippen LogP contribution in [0.25, 0.3) is 55.6 Å². The maximum absolute atomic E-state index is 2.49. The van der Waals surface area contributed by atoms with Crippen LogP contribution < -0.4 is 4.90 Å². The van der Waals surface area contributed by atoms with Gasteiger partial charge in [-0.3, -0.25) is 0 Å². The fraction of sp³-hybridized carbons (Fsp3) is 0.0588. The van der Waals surface area contributed by atoms with Gasteiger partial charge in [-0.15, -0.1) is 0 Å². The lowest BCUT2D eigenvalue weighted by molar-refractivity contribution is 0.660. The van der Waals surface area contributed by atoms with Crippen molar-refractivity contribution in [3.63, 3.8) is 0 Å². The highest BCUT2D eigenvalue weighted by Gasteiger charge is 2.38. The predicted octanol–water partition coefficient (Wildman–Crippen LogP) is 14.1. The first-order valence-electron chi connectivity index (χ1n) is 18.1. The molecule has 0 heterocycles. The van der Waals surface area contributed by atoms with Crippen molar-refractivity contribution in [1.29, 1.82) is 0 Å². The summed E-state index contributed by atoms with van der Waals surface area (Å²) in [6, 6.07) is 72.8. The van der Waals surface area contributed by atoms with Gasteiger partial charge in [0.15, 0.2) is 0 Å². The molecule has 0 atom stereocenters. The number of fused-ring (bicyclic) bond motifs is 3. The predicted molar refractivity (Wildman–Crippen MR) is 220 cm³/mol. The average molecular weight is 666 g/mol. The first kappa shape index (κ1) is 31.5. The number of hydrogen-bond donors (Lipinski definition) is 0. The summed E-state index contributed by atoms with van der Waals surface area (Å²) in [5, 5.41) is 0. The van der Waals surface area contributed by atoms with Crippen LogP contribution in [0, 0.1) is 0 Å². The third-order valence-corrected chi connectivity index (χ3v) is 10.7. The summed E-state index contributed by atoms with van der Waals surface area (Å²) in [6.45, 7) is 4.77. The van der Waals surface area contributed by atoms with Gasteiger partial charge >= 0.3 is 0 Å². The minimum absolute atomic E-state index is 0.207. The summed E-state index contributed by atoms with van der Waals surface area (Å²) < 4.78 is 0. The van der Waals surface area contributed by atoms with Gasteiger partial charge in [0, 0.05) is 22.2 Å². The summed E-state index contributed by atoms with van der Waals surface area (Å²) in [6.07, 6.45) is 0. The Morgan fingerprint density at radius 3 is 1.42 bits per heavy atom. The van der Waals surface area contributed by atoms with Gasteiger partial charge in [0.1, 0.15) is 0 Å². The molecule has 0 saturated carbocycles. The van der Waals surface area contributed by atoms with Gasteiger partial charge in [-0.25, -0.2) is 0 Å². The van der Waals surface area contributed by atoms with Crippen molar-refractivity contribution in [2.45, 2.75) is 19.3 Å². The zero-order valence-corrected chi connectivity index (χ0v) is 29.5. The lowest BCUT2D eigenvalue weighted by atomic mass is 9.81. The molecule has 0 radical (unpaired) electrons. The maximum atomic E-state index is 2.49. The molecule has 8 aromatic carbocycles. The number of nitrogens with zero attached hydrogens (tertiary/aromatic N) is 1. The third-order valence-electron chi connectivity index (χ3n) is 10.7. The maximum Gasteiger partial charge on any atom is 0.0543 e. The summed E-state index contributed by atoms with van der Waals surface area (Å²) >= 11 is 0. The molecule has 1 heteroatoms. The molecule has 0 aliphatic heterocycles. The summed E-state index contributed by atoms with van der Waals surface area (Å²) in [5.74, 6) is 0. The Morgan fingerprint density at radius 2 is 0.808 bits per heavy atom. The average Bonchev–Trinajstić information content (AvgIpc) is 3.44. The molecule has 0 fully saturated rings. The topological polar surface area (TPSA) is 3.24 Å². The molecule has 1 nitrogen and oxygen atoms in total. The highest BCUT2D eigenvalue weighted by molar-refractivity contribution is 6.00. The van der Waals surface area contributed by atoms with Crippen molar-refractivity contribution < 1.29 is 0 Å². The van der Waals surface area contributed by atoms with Gasteiger partial charge in [0.25, 0.3) is 0 Å². The number of benzene rings is 8. The van der Waals surface area contributed by atoms with Crippen LogP contribution in [0.5, 0.6) is 0 Å². The Balaban J connectivity index is 1.33. The van der Waals surface area contributed by atoms with E-state index in [1.54, 1.807) is 0 Å². The molecule has 0 N–H and O–H groups in total. The van der Waals surface area contributed by atoms with Crippen LogP contribution in [-0.4, -0.2) is 0 Å². The van der Waals surface area contributed by atoms with Crippen molar-refractivity contribution in [3.8, 4) is 55.6 Å². The molecule has 1 aliphatic carbocycles. The minimum atomic E-state index is -0.207. The molecule has 0 spiro atoms. The van der Waals surface area contributed by atoms with E-state index in [2.05, 4.69) is 219 Å². The Morgan fingerprint density at radius 1 is 0.327 bits per heavy atom. The van der Waals surface area contributed by atoms with Gasteiger partial charge in [-0.2, -0.15) is 0 Å². The lowest BCUT2D eigenvalue weighted by Crippen LogP contribution is -2.17. The van der Waals surface area contributed by atoms with Gasteiger partial charge in [-0.05, 0) is 86.0 Å². The van der Waals surface area contributed by atoms with E-state index in [1.165, 1.54) is 66.8 Å². The van der Waals surface area contributed by atoms with Crippen LogP contribution in [0.3, 0.4) is 0 Å². The van der Waals surface area contributed by atoms with Crippen LogP contribution >= 0.6 is 0 Å². The van der Waals surface area contributed by atoms with Crippen LogP contribution in [0.4, 0.5) is 17.1 Å². The van der Waals surface area contributed by atoms with Crippen LogP contribution in [0.1, 0.15) is 25.0 Å². The van der Waals surface area contributed by atoms with E-state index in [1.807, 2.05) is 0 Å². The van der Waals surface area contributed by atoms with Crippen LogP contribution in [-0.2, 0) is 5.41 Å². The van der Waals surface area contributed by atoms with Crippen molar-refractivity contribution in [2.24, 2.45) is 0 Å².